The highest BCUT2D eigenvalue weighted by Crippen LogP contribution is 2.25. The molecule has 92 valence electrons. The van der Waals surface area contributed by atoms with E-state index >= 15 is 0 Å². The molecule has 1 aromatic rings. The Bertz CT molecular complexity index is 403. The van der Waals surface area contributed by atoms with Crippen molar-refractivity contribution in [3.05, 3.63) is 29.8 Å². The van der Waals surface area contributed by atoms with Crippen LogP contribution >= 0.6 is 0 Å². The zero-order valence-electron chi connectivity index (χ0n) is 10.1. The van der Waals surface area contributed by atoms with E-state index in [1.54, 1.807) is 18.2 Å². The summed E-state index contributed by atoms with van der Waals surface area (Å²) in [6, 6.07) is 7.30. The molecule has 0 heterocycles. The first kappa shape index (κ1) is 12.0. The predicted molar refractivity (Wildman–Crippen MR) is 66.8 cm³/mol. The van der Waals surface area contributed by atoms with E-state index in [4.69, 9.17) is 0 Å². The molecule has 1 amide bonds. The van der Waals surface area contributed by atoms with E-state index in [9.17, 15) is 9.90 Å². The molecular weight excluding hydrogens is 214 g/mol. The van der Waals surface area contributed by atoms with Crippen LogP contribution in [0.15, 0.2) is 24.3 Å². The maximum atomic E-state index is 11.8. The minimum atomic E-state index is 0.00486. The molecule has 2 rings (SSSR count). The topological polar surface area (TPSA) is 49.3 Å². The number of carbonyl (C=O) groups is 1. The third kappa shape index (κ3) is 2.99. The van der Waals surface area contributed by atoms with E-state index in [1.165, 1.54) is 12.8 Å². The number of phenolic OH excluding ortho intramolecular Hbond substituents is 1. The van der Waals surface area contributed by atoms with Gasteiger partial charge in [-0.3, -0.25) is 4.79 Å². The number of amides is 1. The molecule has 3 heteroatoms. The highest BCUT2D eigenvalue weighted by Gasteiger charge is 2.24. The third-order valence-corrected chi connectivity index (χ3v) is 3.55. The molecule has 0 aliphatic heterocycles. The molecule has 0 aromatic heterocycles. The van der Waals surface area contributed by atoms with Crippen molar-refractivity contribution in [2.75, 3.05) is 0 Å². The number of benzene rings is 1. The number of para-hydroxylation sites is 1. The number of hydrogen-bond acceptors (Lipinski definition) is 2. The summed E-state index contributed by atoms with van der Waals surface area (Å²) in [6.45, 7) is 2.18. The van der Waals surface area contributed by atoms with Crippen molar-refractivity contribution in [3.63, 3.8) is 0 Å². The Morgan fingerprint density at radius 3 is 2.82 bits per heavy atom. The van der Waals surface area contributed by atoms with Crippen LogP contribution in [0, 0.1) is 5.92 Å². The van der Waals surface area contributed by atoms with Crippen molar-refractivity contribution in [3.8, 4) is 5.75 Å². The van der Waals surface area contributed by atoms with Gasteiger partial charge in [0.15, 0.2) is 0 Å². The lowest BCUT2D eigenvalue weighted by Gasteiger charge is -2.17. The summed E-state index contributed by atoms with van der Waals surface area (Å²) in [5.41, 5.74) is 0.690. The average molecular weight is 233 g/mol. The number of rotatable bonds is 3. The molecule has 1 aliphatic carbocycles. The van der Waals surface area contributed by atoms with Crippen LogP contribution in [-0.2, 0) is 11.2 Å². The van der Waals surface area contributed by atoms with Gasteiger partial charge < -0.3 is 10.4 Å². The summed E-state index contributed by atoms with van der Waals surface area (Å²) in [7, 11) is 0. The van der Waals surface area contributed by atoms with Crippen molar-refractivity contribution >= 4 is 5.91 Å². The highest BCUT2D eigenvalue weighted by atomic mass is 16.3. The lowest BCUT2D eigenvalue weighted by Crippen LogP contribution is -2.37. The van der Waals surface area contributed by atoms with E-state index in [-0.39, 0.29) is 18.1 Å². The normalized spacial score (nSPS) is 23.6. The maximum absolute atomic E-state index is 11.8. The Morgan fingerprint density at radius 1 is 1.41 bits per heavy atom. The smallest absolute Gasteiger partial charge is 0.224 e. The number of hydrogen-bond donors (Lipinski definition) is 2. The SMILES string of the molecule is CC1CCCC1NC(=O)Cc1ccccc1O. The molecular formula is C14H19NO2. The minimum absolute atomic E-state index is 0.00486. The minimum Gasteiger partial charge on any atom is -0.508 e. The zero-order valence-corrected chi connectivity index (χ0v) is 10.1. The molecule has 17 heavy (non-hydrogen) atoms. The number of phenols is 1. The van der Waals surface area contributed by atoms with Crippen LogP contribution in [0.5, 0.6) is 5.75 Å². The van der Waals surface area contributed by atoms with E-state index in [0.29, 0.717) is 17.5 Å². The predicted octanol–water partition coefficient (Wildman–Crippen LogP) is 2.24. The summed E-state index contributed by atoms with van der Waals surface area (Å²) in [6.07, 6.45) is 3.73. The first-order valence-corrected chi connectivity index (χ1v) is 6.23. The maximum Gasteiger partial charge on any atom is 0.224 e. The monoisotopic (exact) mass is 233 g/mol. The second-order valence-electron chi connectivity index (χ2n) is 4.89. The van der Waals surface area contributed by atoms with Crippen molar-refractivity contribution in [2.24, 2.45) is 5.92 Å². The summed E-state index contributed by atoms with van der Waals surface area (Å²) in [5, 5.41) is 12.6. The zero-order chi connectivity index (χ0) is 12.3. The number of aromatic hydroxyl groups is 1. The Balaban J connectivity index is 1.91. The fraction of sp³-hybridized carbons (Fsp3) is 0.500. The van der Waals surface area contributed by atoms with Gasteiger partial charge in [-0.25, -0.2) is 0 Å². The molecule has 2 unspecified atom stereocenters. The van der Waals surface area contributed by atoms with Crippen LogP contribution in [0.1, 0.15) is 31.7 Å². The molecule has 0 saturated heterocycles. The second-order valence-corrected chi connectivity index (χ2v) is 4.89. The van der Waals surface area contributed by atoms with Gasteiger partial charge in [0.25, 0.3) is 0 Å². The van der Waals surface area contributed by atoms with Gasteiger partial charge in [0.05, 0.1) is 6.42 Å². The molecule has 2 atom stereocenters. The standard InChI is InChI=1S/C14H19NO2/c1-10-5-4-7-12(10)15-14(17)9-11-6-2-3-8-13(11)16/h2-3,6,8,10,12,16H,4-5,7,9H2,1H3,(H,15,17). The number of carbonyl (C=O) groups excluding carboxylic acids is 1. The molecule has 3 nitrogen and oxygen atoms in total. The average Bonchev–Trinajstić information content (AvgIpc) is 2.68. The van der Waals surface area contributed by atoms with Crippen molar-refractivity contribution in [1.82, 2.24) is 5.32 Å². The van der Waals surface area contributed by atoms with Crippen LogP contribution < -0.4 is 5.32 Å². The molecule has 0 radical (unpaired) electrons. The first-order chi connectivity index (χ1) is 8.16. The molecule has 1 aromatic carbocycles. The highest BCUT2D eigenvalue weighted by molar-refractivity contribution is 5.79. The molecule has 1 fully saturated rings. The van der Waals surface area contributed by atoms with E-state index in [1.807, 2.05) is 6.07 Å². The van der Waals surface area contributed by atoms with Crippen molar-refractivity contribution < 1.29 is 9.90 Å². The Kier molecular flexibility index (Phi) is 3.67. The van der Waals surface area contributed by atoms with Crippen LogP contribution in [-0.4, -0.2) is 17.1 Å². The lowest BCUT2D eigenvalue weighted by molar-refractivity contribution is -0.121. The number of nitrogens with one attached hydrogen (secondary N) is 1. The van der Waals surface area contributed by atoms with E-state index in [0.717, 1.165) is 6.42 Å². The van der Waals surface area contributed by atoms with Crippen LogP contribution in [0.2, 0.25) is 0 Å². The molecule has 0 spiro atoms. The van der Waals surface area contributed by atoms with Gasteiger partial charge >= 0.3 is 0 Å². The van der Waals surface area contributed by atoms with Gasteiger partial charge in [0.1, 0.15) is 5.75 Å². The fourth-order valence-electron chi connectivity index (χ4n) is 2.45. The quantitative estimate of drug-likeness (QED) is 0.841. The van der Waals surface area contributed by atoms with Gasteiger partial charge in [0.2, 0.25) is 5.91 Å². The Morgan fingerprint density at radius 2 is 2.18 bits per heavy atom. The lowest BCUT2D eigenvalue weighted by atomic mass is 10.1. The molecule has 1 saturated carbocycles. The summed E-state index contributed by atoms with van der Waals surface area (Å²) in [4.78, 5) is 11.8. The summed E-state index contributed by atoms with van der Waals surface area (Å²) < 4.78 is 0. The third-order valence-electron chi connectivity index (χ3n) is 3.55. The summed E-state index contributed by atoms with van der Waals surface area (Å²) in [5.74, 6) is 0.774. The van der Waals surface area contributed by atoms with Gasteiger partial charge in [-0.1, -0.05) is 31.5 Å². The van der Waals surface area contributed by atoms with Gasteiger partial charge in [-0.05, 0) is 24.8 Å². The van der Waals surface area contributed by atoms with Gasteiger partial charge in [-0.15, -0.1) is 0 Å². The van der Waals surface area contributed by atoms with Crippen molar-refractivity contribution in [1.29, 1.82) is 0 Å². The molecule has 2 N–H and O–H groups in total. The van der Waals surface area contributed by atoms with Gasteiger partial charge in [0, 0.05) is 11.6 Å². The van der Waals surface area contributed by atoms with E-state index < -0.39 is 0 Å². The Labute approximate surface area is 102 Å². The van der Waals surface area contributed by atoms with Gasteiger partial charge in [-0.2, -0.15) is 0 Å². The first-order valence-electron chi connectivity index (χ1n) is 6.23. The summed E-state index contributed by atoms with van der Waals surface area (Å²) >= 11 is 0. The van der Waals surface area contributed by atoms with Crippen molar-refractivity contribution in [2.45, 2.75) is 38.6 Å². The van der Waals surface area contributed by atoms with E-state index in [2.05, 4.69) is 12.2 Å². The fourth-order valence-corrected chi connectivity index (χ4v) is 2.45. The van der Waals surface area contributed by atoms with Crippen LogP contribution in [0.3, 0.4) is 0 Å². The molecule has 0 bridgehead atoms. The van der Waals surface area contributed by atoms with Crippen LogP contribution in [0.25, 0.3) is 0 Å². The Hall–Kier alpha value is -1.51. The second kappa shape index (κ2) is 5.21. The largest absolute Gasteiger partial charge is 0.508 e. The van der Waals surface area contributed by atoms with Crippen LogP contribution in [0.4, 0.5) is 0 Å². The molecule has 1 aliphatic rings.